The zero-order valence-corrected chi connectivity index (χ0v) is 14.5. The normalized spacial score (nSPS) is 16.1. The van der Waals surface area contributed by atoms with E-state index in [-0.39, 0.29) is 5.91 Å². The summed E-state index contributed by atoms with van der Waals surface area (Å²) in [5.74, 6) is 1.31. The van der Waals surface area contributed by atoms with Crippen LogP contribution < -0.4 is 5.32 Å². The quantitative estimate of drug-likeness (QED) is 0.760. The van der Waals surface area contributed by atoms with E-state index < -0.39 is 6.10 Å². The van der Waals surface area contributed by atoms with Crippen molar-refractivity contribution in [1.82, 2.24) is 20.5 Å². The van der Waals surface area contributed by atoms with Gasteiger partial charge in [0.25, 0.3) is 5.91 Å². The van der Waals surface area contributed by atoms with Crippen LogP contribution in [0.2, 0.25) is 0 Å². The molecule has 0 radical (unpaired) electrons. The fraction of sp³-hybridized carbons (Fsp3) is 0.250. The van der Waals surface area contributed by atoms with E-state index in [1.807, 2.05) is 49.4 Å². The van der Waals surface area contributed by atoms with Crippen LogP contribution in [0, 0.1) is 6.92 Å². The van der Waals surface area contributed by atoms with Crippen LogP contribution in [-0.4, -0.2) is 27.7 Å². The Morgan fingerprint density at radius 2 is 2.15 bits per heavy atom. The second kappa shape index (κ2) is 7.09. The summed E-state index contributed by atoms with van der Waals surface area (Å²) in [5.41, 5.74) is 4.05. The Balaban J connectivity index is 1.46. The number of ether oxygens (including phenoxy) is 1. The molecule has 4 rings (SSSR count). The Labute approximate surface area is 151 Å². The van der Waals surface area contributed by atoms with Crippen LogP contribution in [0.15, 0.2) is 48.5 Å². The Hall–Kier alpha value is -2.99. The number of hydrogen-bond donors (Lipinski definition) is 2. The SMILES string of the molecule is Cc1nc(-c2cccc(CNC(=O)[C@@H]3OCCc4ccccc43)c2)n[nH]1. The molecule has 0 fully saturated rings. The number of carbonyl (C=O) groups excluding carboxylic acids is 1. The summed E-state index contributed by atoms with van der Waals surface area (Å²) in [6, 6.07) is 15.8. The van der Waals surface area contributed by atoms with Gasteiger partial charge in [0.1, 0.15) is 5.82 Å². The molecule has 0 aliphatic carbocycles. The minimum Gasteiger partial charge on any atom is -0.363 e. The third-order valence-corrected chi connectivity index (χ3v) is 4.48. The maximum Gasteiger partial charge on any atom is 0.254 e. The van der Waals surface area contributed by atoms with E-state index in [4.69, 9.17) is 4.74 Å². The Bertz CT molecular complexity index is 935. The summed E-state index contributed by atoms with van der Waals surface area (Å²) >= 11 is 0. The van der Waals surface area contributed by atoms with Gasteiger partial charge in [-0.25, -0.2) is 4.98 Å². The van der Waals surface area contributed by atoms with Crippen LogP contribution in [0.25, 0.3) is 11.4 Å². The number of aromatic nitrogens is 3. The number of rotatable bonds is 4. The number of nitrogens with one attached hydrogen (secondary N) is 2. The monoisotopic (exact) mass is 348 g/mol. The van der Waals surface area contributed by atoms with Gasteiger partial charge in [-0.05, 0) is 36.1 Å². The number of aryl methyl sites for hydroxylation is 1. The molecule has 3 aromatic rings. The van der Waals surface area contributed by atoms with E-state index in [2.05, 4.69) is 26.6 Å². The molecule has 2 N–H and O–H groups in total. The lowest BCUT2D eigenvalue weighted by Crippen LogP contribution is -2.33. The number of H-pyrrole nitrogens is 1. The maximum absolute atomic E-state index is 12.6. The van der Waals surface area contributed by atoms with E-state index in [0.29, 0.717) is 19.0 Å². The molecular weight excluding hydrogens is 328 g/mol. The van der Waals surface area contributed by atoms with Crippen LogP contribution in [0.5, 0.6) is 0 Å². The predicted molar refractivity (Wildman–Crippen MR) is 97.2 cm³/mol. The van der Waals surface area contributed by atoms with Crippen LogP contribution >= 0.6 is 0 Å². The Morgan fingerprint density at radius 1 is 1.27 bits per heavy atom. The summed E-state index contributed by atoms with van der Waals surface area (Å²) in [6.07, 6.45) is 0.303. The first-order valence-corrected chi connectivity index (χ1v) is 8.66. The molecule has 1 amide bonds. The molecular formula is C20H20N4O2. The molecule has 26 heavy (non-hydrogen) atoms. The number of aromatic amines is 1. The molecule has 0 bridgehead atoms. The van der Waals surface area contributed by atoms with Crippen LogP contribution in [0.3, 0.4) is 0 Å². The highest BCUT2D eigenvalue weighted by molar-refractivity contribution is 5.82. The average molecular weight is 348 g/mol. The van der Waals surface area contributed by atoms with Crippen molar-refractivity contribution in [2.75, 3.05) is 6.61 Å². The molecule has 1 aromatic heterocycles. The van der Waals surface area contributed by atoms with E-state index >= 15 is 0 Å². The zero-order chi connectivity index (χ0) is 17.9. The van der Waals surface area contributed by atoms with Gasteiger partial charge in [0, 0.05) is 12.1 Å². The number of nitrogens with zero attached hydrogens (tertiary/aromatic N) is 2. The summed E-state index contributed by atoms with van der Waals surface area (Å²) in [7, 11) is 0. The Kier molecular flexibility index (Phi) is 4.50. The lowest BCUT2D eigenvalue weighted by Gasteiger charge is -2.25. The summed E-state index contributed by atoms with van der Waals surface area (Å²) in [5, 5.41) is 10.0. The smallest absolute Gasteiger partial charge is 0.254 e. The molecule has 2 heterocycles. The van der Waals surface area contributed by atoms with Gasteiger partial charge in [-0.3, -0.25) is 9.89 Å². The van der Waals surface area contributed by atoms with Crippen LogP contribution in [0.1, 0.15) is 28.6 Å². The van der Waals surface area contributed by atoms with Crippen molar-refractivity contribution >= 4 is 5.91 Å². The number of benzene rings is 2. The van der Waals surface area contributed by atoms with Crippen molar-refractivity contribution in [2.24, 2.45) is 0 Å². The van der Waals surface area contributed by atoms with Crippen molar-refractivity contribution in [3.05, 3.63) is 71.0 Å². The zero-order valence-electron chi connectivity index (χ0n) is 14.5. The van der Waals surface area contributed by atoms with Gasteiger partial charge in [0.05, 0.1) is 6.61 Å². The van der Waals surface area contributed by atoms with Gasteiger partial charge >= 0.3 is 0 Å². The second-order valence-electron chi connectivity index (χ2n) is 6.36. The van der Waals surface area contributed by atoms with Crippen molar-refractivity contribution in [3.63, 3.8) is 0 Å². The molecule has 0 saturated carbocycles. The first-order chi connectivity index (χ1) is 12.7. The highest BCUT2D eigenvalue weighted by atomic mass is 16.5. The van der Waals surface area contributed by atoms with Gasteiger partial charge in [-0.15, -0.1) is 0 Å². The Morgan fingerprint density at radius 3 is 3.00 bits per heavy atom. The predicted octanol–water partition coefficient (Wildman–Crippen LogP) is 2.71. The number of hydrogen-bond acceptors (Lipinski definition) is 4. The topological polar surface area (TPSA) is 79.9 Å². The molecule has 6 nitrogen and oxygen atoms in total. The highest BCUT2D eigenvalue weighted by Crippen LogP contribution is 2.27. The standard InChI is InChI=1S/C20H20N4O2/c1-13-22-19(24-23-13)16-7-4-5-14(11-16)12-21-20(25)18-17-8-3-2-6-15(17)9-10-26-18/h2-8,11,18H,9-10,12H2,1H3,(H,21,25)(H,22,23,24)/t18-/m1/s1. The lowest BCUT2D eigenvalue weighted by atomic mass is 9.97. The maximum atomic E-state index is 12.6. The van der Waals surface area contributed by atoms with E-state index in [1.165, 1.54) is 5.56 Å². The summed E-state index contributed by atoms with van der Waals surface area (Å²) in [4.78, 5) is 17.0. The molecule has 1 atom stereocenters. The second-order valence-corrected chi connectivity index (χ2v) is 6.36. The minimum absolute atomic E-state index is 0.115. The van der Waals surface area contributed by atoms with Gasteiger partial charge in [-0.2, -0.15) is 5.10 Å². The van der Waals surface area contributed by atoms with Crippen molar-refractivity contribution < 1.29 is 9.53 Å². The summed E-state index contributed by atoms with van der Waals surface area (Å²) in [6.45, 7) is 2.86. The first-order valence-electron chi connectivity index (χ1n) is 8.66. The average Bonchev–Trinajstić information content (AvgIpc) is 3.12. The fourth-order valence-electron chi connectivity index (χ4n) is 3.19. The van der Waals surface area contributed by atoms with Crippen LogP contribution in [0.4, 0.5) is 0 Å². The van der Waals surface area contributed by atoms with E-state index in [1.54, 1.807) is 0 Å². The molecule has 6 heteroatoms. The fourth-order valence-corrected chi connectivity index (χ4v) is 3.19. The molecule has 0 saturated heterocycles. The van der Waals surface area contributed by atoms with E-state index in [9.17, 15) is 4.79 Å². The van der Waals surface area contributed by atoms with Gasteiger partial charge < -0.3 is 10.1 Å². The third kappa shape index (κ3) is 3.36. The van der Waals surface area contributed by atoms with Gasteiger partial charge in [0.2, 0.25) is 0 Å². The molecule has 1 aliphatic heterocycles. The number of fused-ring (bicyclic) bond motifs is 1. The van der Waals surface area contributed by atoms with Crippen molar-refractivity contribution in [2.45, 2.75) is 26.0 Å². The van der Waals surface area contributed by atoms with Crippen molar-refractivity contribution in [3.8, 4) is 11.4 Å². The van der Waals surface area contributed by atoms with Crippen molar-refractivity contribution in [1.29, 1.82) is 0 Å². The molecule has 0 spiro atoms. The first kappa shape index (κ1) is 16.5. The summed E-state index contributed by atoms with van der Waals surface area (Å²) < 4.78 is 5.71. The van der Waals surface area contributed by atoms with Gasteiger partial charge in [0.15, 0.2) is 11.9 Å². The molecule has 132 valence electrons. The number of amides is 1. The minimum atomic E-state index is -0.543. The molecule has 0 unspecified atom stereocenters. The molecule has 1 aliphatic rings. The third-order valence-electron chi connectivity index (χ3n) is 4.48. The number of carbonyl (C=O) groups is 1. The van der Waals surface area contributed by atoms with E-state index in [0.717, 1.165) is 28.9 Å². The van der Waals surface area contributed by atoms with Gasteiger partial charge in [-0.1, -0.05) is 42.5 Å². The lowest BCUT2D eigenvalue weighted by molar-refractivity contribution is -0.134. The largest absolute Gasteiger partial charge is 0.363 e. The van der Waals surface area contributed by atoms with Crippen LogP contribution in [-0.2, 0) is 22.5 Å². The molecule has 2 aromatic carbocycles. The highest BCUT2D eigenvalue weighted by Gasteiger charge is 2.26.